The largest absolute Gasteiger partial charge is 0.494 e. The Labute approximate surface area is 105 Å². The van der Waals surface area contributed by atoms with Gasteiger partial charge in [-0.3, -0.25) is 4.79 Å². The van der Waals surface area contributed by atoms with Crippen LogP contribution in [0.15, 0.2) is 36.4 Å². The predicted octanol–water partition coefficient (Wildman–Crippen LogP) is 2.02. The molecule has 0 aliphatic carbocycles. The Bertz CT molecular complexity index is 447. The number of aliphatic carboxylic acids is 1. The molecule has 18 heavy (non-hydrogen) atoms. The lowest BCUT2D eigenvalue weighted by Crippen LogP contribution is -2.12. The van der Waals surface area contributed by atoms with E-state index in [4.69, 9.17) is 14.6 Å². The van der Waals surface area contributed by atoms with E-state index in [2.05, 4.69) is 6.58 Å². The second-order valence-corrected chi connectivity index (χ2v) is 3.46. The lowest BCUT2D eigenvalue weighted by atomic mass is 10.2. The van der Waals surface area contributed by atoms with E-state index in [1.165, 1.54) is 0 Å². The van der Waals surface area contributed by atoms with Crippen molar-refractivity contribution >= 4 is 11.9 Å². The minimum atomic E-state index is -1.21. The fraction of sp³-hybridized carbons (Fsp3) is 0.231. The van der Waals surface area contributed by atoms with E-state index in [-0.39, 0.29) is 12.0 Å². The van der Waals surface area contributed by atoms with Crippen molar-refractivity contribution in [3.05, 3.63) is 36.4 Å². The zero-order valence-corrected chi connectivity index (χ0v) is 10.0. The van der Waals surface area contributed by atoms with Gasteiger partial charge in [-0.25, -0.2) is 4.79 Å². The van der Waals surface area contributed by atoms with E-state index in [0.29, 0.717) is 18.1 Å². The van der Waals surface area contributed by atoms with Crippen LogP contribution in [0.3, 0.4) is 0 Å². The monoisotopic (exact) mass is 250 g/mol. The molecule has 0 bridgehead atoms. The van der Waals surface area contributed by atoms with Gasteiger partial charge < -0.3 is 14.6 Å². The maximum absolute atomic E-state index is 11.4. The van der Waals surface area contributed by atoms with Crippen LogP contribution >= 0.6 is 0 Å². The van der Waals surface area contributed by atoms with E-state index in [0.717, 1.165) is 0 Å². The van der Waals surface area contributed by atoms with Crippen molar-refractivity contribution in [3.8, 4) is 11.5 Å². The summed E-state index contributed by atoms with van der Waals surface area (Å²) in [5, 5.41) is 8.57. The topological polar surface area (TPSA) is 72.8 Å². The van der Waals surface area contributed by atoms with Crippen molar-refractivity contribution in [2.75, 3.05) is 6.61 Å². The second-order valence-electron chi connectivity index (χ2n) is 3.46. The number of hydrogen-bond donors (Lipinski definition) is 1. The van der Waals surface area contributed by atoms with Crippen LogP contribution in [0.1, 0.15) is 13.3 Å². The first-order chi connectivity index (χ1) is 8.52. The van der Waals surface area contributed by atoms with Crippen molar-refractivity contribution in [1.29, 1.82) is 0 Å². The standard InChI is InChI=1S/C13H14O5/c1-3-17-10-4-6-11(7-5-10)18-12(14)8-9(2)13(15)16/h4-7H,2-3,8H2,1H3,(H,15,16). The predicted molar refractivity (Wildman–Crippen MR) is 64.6 cm³/mol. The van der Waals surface area contributed by atoms with E-state index in [1.807, 2.05) is 6.92 Å². The quantitative estimate of drug-likeness (QED) is 0.475. The van der Waals surface area contributed by atoms with Gasteiger partial charge in [0.2, 0.25) is 0 Å². The first-order valence-corrected chi connectivity index (χ1v) is 5.37. The summed E-state index contributed by atoms with van der Waals surface area (Å²) < 4.78 is 10.2. The highest BCUT2D eigenvalue weighted by Gasteiger charge is 2.12. The molecule has 0 fully saturated rings. The normalized spacial score (nSPS) is 9.61. The Morgan fingerprint density at radius 1 is 1.22 bits per heavy atom. The average Bonchev–Trinajstić information content (AvgIpc) is 2.31. The van der Waals surface area contributed by atoms with Crippen LogP contribution in [0.5, 0.6) is 11.5 Å². The van der Waals surface area contributed by atoms with Gasteiger partial charge in [-0.15, -0.1) is 0 Å². The van der Waals surface area contributed by atoms with E-state index in [1.54, 1.807) is 24.3 Å². The summed E-state index contributed by atoms with van der Waals surface area (Å²) in [4.78, 5) is 21.8. The number of carboxylic acids is 1. The molecule has 1 N–H and O–H groups in total. The first-order valence-electron chi connectivity index (χ1n) is 5.37. The van der Waals surface area contributed by atoms with Gasteiger partial charge >= 0.3 is 11.9 Å². The van der Waals surface area contributed by atoms with Gasteiger partial charge in [0.1, 0.15) is 11.5 Å². The fourth-order valence-corrected chi connectivity index (χ4v) is 1.19. The van der Waals surface area contributed by atoms with E-state index >= 15 is 0 Å². The summed E-state index contributed by atoms with van der Waals surface area (Å²) in [6.07, 6.45) is -0.345. The molecular weight excluding hydrogens is 236 g/mol. The van der Waals surface area contributed by atoms with Crippen LogP contribution in [-0.4, -0.2) is 23.7 Å². The summed E-state index contributed by atoms with van der Waals surface area (Å²) >= 11 is 0. The highest BCUT2D eigenvalue weighted by Crippen LogP contribution is 2.18. The Balaban J connectivity index is 2.54. The van der Waals surface area contributed by atoms with Crippen LogP contribution in [-0.2, 0) is 9.59 Å². The molecule has 0 saturated heterocycles. The van der Waals surface area contributed by atoms with Crippen LogP contribution in [0, 0.1) is 0 Å². The molecule has 1 aromatic carbocycles. The molecule has 0 amide bonds. The van der Waals surface area contributed by atoms with Crippen molar-refractivity contribution in [2.24, 2.45) is 0 Å². The van der Waals surface area contributed by atoms with Crippen LogP contribution in [0.2, 0.25) is 0 Å². The Hall–Kier alpha value is -2.30. The minimum Gasteiger partial charge on any atom is -0.494 e. The number of hydrogen-bond acceptors (Lipinski definition) is 4. The third-order valence-corrected chi connectivity index (χ3v) is 2.03. The van der Waals surface area contributed by atoms with Gasteiger partial charge in [-0.05, 0) is 31.2 Å². The molecule has 5 heteroatoms. The number of esters is 1. The zero-order chi connectivity index (χ0) is 13.5. The Kier molecular flexibility index (Phi) is 4.92. The molecule has 0 spiro atoms. The highest BCUT2D eigenvalue weighted by atomic mass is 16.5. The van der Waals surface area contributed by atoms with E-state index in [9.17, 15) is 9.59 Å². The summed E-state index contributed by atoms with van der Waals surface area (Å²) in [6, 6.07) is 6.48. The summed E-state index contributed by atoms with van der Waals surface area (Å²) in [7, 11) is 0. The summed E-state index contributed by atoms with van der Waals surface area (Å²) in [5.74, 6) is -0.862. The molecule has 0 unspecified atom stereocenters. The van der Waals surface area contributed by atoms with Crippen molar-refractivity contribution < 1.29 is 24.2 Å². The fourth-order valence-electron chi connectivity index (χ4n) is 1.19. The highest BCUT2D eigenvalue weighted by molar-refractivity contribution is 5.92. The van der Waals surface area contributed by atoms with Crippen molar-refractivity contribution in [1.82, 2.24) is 0 Å². The Morgan fingerprint density at radius 3 is 2.28 bits per heavy atom. The summed E-state index contributed by atoms with van der Waals surface area (Å²) in [5.41, 5.74) is -0.203. The molecule has 0 heterocycles. The number of rotatable bonds is 6. The molecule has 1 rings (SSSR count). The number of benzene rings is 1. The smallest absolute Gasteiger partial charge is 0.331 e. The second kappa shape index (κ2) is 6.44. The number of carbonyl (C=O) groups excluding carboxylic acids is 1. The molecular formula is C13H14O5. The number of ether oxygens (including phenoxy) is 2. The molecule has 0 aromatic heterocycles. The summed E-state index contributed by atoms with van der Waals surface area (Å²) in [6.45, 7) is 5.67. The van der Waals surface area contributed by atoms with Crippen molar-refractivity contribution in [3.63, 3.8) is 0 Å². The Morgan fingerprint density at radius 2 is 1.78 bits per heavy atom. The molecule has 5 nitrogen and oxygen atoms in total. The lowest BCUT2D eigenvalue weighted by Gasteiger charge is -2.06. The SMILES string of the molecule is C=C(CC(=O)Oc1ccc(OCC)cc1)C(=O)O. The maximum Gasteiger partial charge on any atom is 0.331 e. The molecule has 1 aromatic rings. The van der Waals surface area contributed by atoms with Crippen LogP contribution in [0.25, 0.3) is 0 Å². The van der Waals surface area contributed by atoms with Gasteiger partial charge in [-0.2, -0.15) is 0 Å². The third-order valence-electron chi connectivity index (χ3n) is 2.03. The maximum atomic E-state index is 11.4. The zero-order valence-electron chi connectivity index (χ0n) is 10.0. The van der Waals surface area contributed by atoms with Gasteiger partial charge in [0.15, 0.2) is 0 Å². The number of carboxylic acid groups (broad SMARTS) is 1. The molecule has 0 atom stereocenters. The first kappa shape index (κ1) is 13.8. The van der Waals surface area contributed by atoms with Gasteiger partial charge in [0, 0.05) is 5.57 Å². The third kappa shape index (κ3) is 4.29. The van der Waals surface area contributed by atoms with Crippen LogP contribution < -0.4 is 9.47 Å². The van der Waals surface area contributed by atoms with E-state index < -0.39 is 11.9 Å². The van der Waals surface area contributed by atoms with Gasteiger partial charge in [0.25, 0.3) is 0 Å². The number of carbonyl (C=O) groups is 2. The average molecular weight is 250 g/mol. The minimum absolute atomic E-state index is 0.203. The molecule has 96 valence electrons. The van der Waals surface area contributed by atoms with Gasteiger partial charge in [0.05, 0.1) is 13.0 Å². The molecule has 0 radical (unpaired) electrons. The lowest BCUT2D eigenvalue weighted by molar-refractivity contribution is -0.138. The van der Waals surface area contributed by atoms with Crippen molar-refractivity contribution in [2.45, 2.75) is 13.3 Å². The van der Waals surface area contributed by atoms with Crippen LogP contribution in [0.4, 0.5) is 0 Å². The molecule has 0 aliphatic heterocycles. The molecule has 0 saturated carbocycles. The van der Waals surface area contributed by atoms with Gasteiger partial charge in [-0.1, -0.05) is 6.58 Å². The molecule has 0 aliphatic rings.